The number of nitrogens with one attached hydrogen (secondary N) is 1. The first kappa shape index (κ1) is 20.6. The summed E-state index contributed by atoms with van der Waals surface area (Å²) in [7, 11) is 0. The van der Waals surface area contributed by atoms with Gasteiger partial charge in [0.05, 0.1) is 27.6 Å². The summed E-state index contributed by atoms with van der Waals surface area (Å²) in [6, 6.07) is 5.35. The predicted molar refractivity (Wildman–Crippen MR) is 123 cm³/mol. The first-order chi connectivity index (χ1) is 15.0. The average molecular weight is 504 g/mol. The summed E-state index contributed by atoms with van der Waals surface area (Å²) in [4.78, 5) is 39.5. The van der Waals surface area contributed by atoms with Crippen molar-refractivity contribution in [3.8, 4) is 0 Å². The van der Waals surface area contributed by atoms with Crippen molar-refractivity contribution in [2.45, 2.75) is 38.8 Å². The van der Waals surface area contributed by atoms with E-state index in [-0.39, 0.29) is 5.56 Å². The molecule has 3 aromatic rings. The fraction of sp³-hybridized carbons (Fsp3) is 0.364. The molecule has 0 atom stereocenters. The van der Waals surface area contributed by atoms with E-state index in [0.29, 0.717) is 59.0 Å². The van der Waals surface area contributed by atoms with Crippen molar-refractivity contribution in [1.29, 1.82) is 0 Å². The van der Waals surface area contributed by atoms with Crippen LogP contribution >= 0.6 is 27.5 Å². The summed E-state index contributed by atoms with van der Waals surface area (Å²) >= 11 is 10.0. The second-order valence-electron chi connectivity index (χ2n) is 7.91. The summed E-state index contributed by atoms with van der Waals surface area (Å²) in [6.45, 7) is 2.16. The maximum absolute atomic E-state index is 12.8. The highest BCUT2D eigenvalue weighted by atomic mass is 79.9. The lowest BCUT2D eigenvalue weighted by molar-refractivity contribution is 0.239. The van der Waals surface area contributed by atoms with E-state index in [4.69, 9.17) is 21.0 Å². The van der Waals surface area contributed by atoms with Crippen molar-refractivity contribution in [1.82, 2.24) is 14.9 Å². The zero-order chi connectivity index (χ0) is 21.5. The highest BCUT2D eigenvalue weighted by molar-refractivity contribution is 9.10. The van der Waals surface area contributed by atoms with Gasteiger partial charge in [-0.3, -0.25) is 14.7 Å². The molecule has 2 aromatic heterocycles. The molecule has 2 aliphatic heterocycles. The van der Waals surface area contributed by atoms with Crippen LogP contribution in [-0.4, -0.2) is 33.7 Å². The largest absolute Gasteiger partial charge is 0.422 e. The first-order valence-corrected chi connectivity index (χ1v) is 11.5. The lowest BCUT2D eigenvalue weighted by Crippen LogP contribution is -2.37. The summed E-state index contributed by atoms with van der Waals surface area (Å²) in [6.07, 6.45) is 3.62. The third-order valence-corrected chi connectivity index (χ3v) is 6.74. The molecule has 31 heavy (non-hydrogen) atoms. The number of benzene rings is 1. The fourth-order valence-corrected chi connectivity index (χ4v) is 4.82. The number of halogens is 2. The van der Waals surface area contributed by atoms with Crippen LogP contribution in [0.25, 0.3) is 11.0 Å². The zero-order valence-corrected chi connectivity index (χ0v) is 19.1. The Morgan fingerprint density at radius 2 is 2.10 bits per heavy atom. The van der Waals surface area contributed by atoms with Gasteiger partial charge in [0.25, 0.3) is 5.56 Å². The van der Waals surface area contributed by atoms with Crippen LogP contribution in [0.3, 0.4) is 0 Å². The molecule has 0 saturated heterocycles. The standard InChI is InChI=1S/C22H20BrClN4O3/c23-12-4-5-18-13(9-12)19(24)15(22(30)31-18)11-28-8-6-16-14(10-28)21(29)27-20(26-16)17-3-1-2-7-25-17/h4-5,9H,1-3,6-8,10-11H2,(H,26,27,29). The third kappa shape index (κ3) is 4.00. The Balaban J connectivity index is 1.43. The van der Waals surface area contributed by atoms with Gasteiger partial charge in [-0.25, -0.2) is 9.78 Å². The highest BCUT2D eigenvalue weighted by Crippen LogP contribution is 2.29. The maximum Gasteiger partial charge on any atom is 0.342 e. The predicted octanol–water partition coefficient (Wildman–Crippen LogP) is 3.82. The molecule has 9 heteroatoms. The molecule has 5 rings (SSSR count). The van der Waals surface area contributed by atoms with Crippen LogP contribution in [0.5, 0.6) is 0 Å². The quantitative estimate of drug-likeness (QED) is 0.549. The molecule has 0 amide bonds. The fourth-order valence-electron chi connectivity index (χ4n) is 4.18. The SMILES string of the molecule is O=c1[nH]c(C2=NCCCC2)nc2c1CN(Cc1c(Cl)c3cc(Br)ccc3oc1=O)CC2. The number of rotatable bonds is 3. The molecule has 4 heterocycles. The van der Waals surface area contributed by atoms with Crippen molar-refractivity contribution in [2.24, 2.45) is 4.99 Å². The van der Waals surface area contributed by atoms with Crippen LogP contribution in [0.4, 0.5) is 0 Å². The molecule has 2 aliphatic rings. The Morgan fingerprint density at radius 1 is 1.23 bits per heavy atom. The monoisotopic (exact) mass is 502 g/mol. The molecule has 1 aromatic carbocycles. The van der Waals surface area contributed by atoms with Gasteiger partial charge in [-0.05, 0) is 37.5 Å². The topological polar surface area (TPSA) is 91.6 Å². The van der Waals surface area contributed by atoms with Gasteiger partial charge < -0.3 is 9.40 Å². The number of hydrogen-bond donors (Lipinski definition) is 1. The van der Waals surface area contributed by atoms with Gasteiger partial charge in [-0.15, -0.1) is 0 Å². The van der Waals surface area contributed by atoms with Crippen LogP contribution in [0.1, 0.15) is 41.9 Å². The number of aliphatic imine (C=N–C) groups is 1. The van der Waals surface area contributed by atoms with E-state index in [0.717, 1.165) is 41.7 Å². The van der Waals surface area contributed by atoms with Gasteiger partial charge in [0.1, 0.15) is 5.58 Å². The van der Waals surface area contributed by atoms with Gasteiger partial charge in [0.2, 0.25) is 0 Å². The van der Waals surface area contributed by atoms with Crippen molar-refractivity contribution in [2.75, 3.05) is 13.1 Å². The molecule has 0 bridgehead atoms. The lowest BCUT2D eigenvalue weighted by Gasteiger charge is -2.27. The smallest absolute Gasteiger partial charge is 0.342 e. The van der Waals surface area contributed by atoms with Crippen molar-refractivity contribution in [3.63, 3.8) is 0 Å². The number of hydrogen-bond acceptors (Lipinski definition) is 6. The highest BCUT2D eigenvalue weighted by Gasteiger charge is 2.25. The van der Waals surface area contributed by atoms with E-state index in [1.807, 2.05) is 11.0 Å². The molecule has 1 N–H and O–H groups in total. The molecule has 0 spiro atoms. The third-order valence-electron chi connectivity index (χ3n) is 5.82. The van der Waals surface area contributed by atoms with Crippen LogP contribution in [0.15, 0.2) is 41.7 Å². The molecule has 0 aliphatic carbocycles. The van der Waals surface area contributed by atoms with Gasteiger partial charge >= 0.3 is 5.63 Å². The van der Waals surface area contributed by atoms with E-state index in [9.17, 15) is 9.59 Å². The number of aromatic amines is 1. The van der Waals surface area contributed by atoms with Crippen LogP contribution < -0.4 is 11.2 Å². The minimum Gasteiger partial charge on any atom is -0.422 e. The van der Waals surface area contributed by atoms with E-state index in [1.54, 1.807) is 12.1 Å². The molecule has 0 saturated carbocycles. The van der Waals surface area contributed by atoms with Crippen LogP contribution in [-0.2, 0) is 19.5 Å². The van der Waals surface area contributed by atoms with Gasteiger partial charge in [-0.2, -0.15) is 0 Å². The molecular formula is C22H20BrClN4O3. The summed E-state index contributed by atoms with van der Waals surface area (Å²) in [5.74, 6) is 0.598. The van der Waals surface area contributed by atoms with Crippen molar-refractivity contribution in [3.05, 3.63) is 71.1 Å². The Labute approximate surface area is 191 Å². The Kier molecular flexibility index (Phi) is 5.54. The molecule has 0 fully saturated rings. The van der Waals surface area contributed by atoms with E-state index in [1.165, 1.54) is 0 Å². The first-order valence-electron chi connectivity index (χ1n) is 10.3. The lowest BCUT2D eigenvalue weighted by atomic mass is 10.0. The minimum atomic E-state index is -0.455. The second-order valence-corrected chi connectivity index (χ2v) is 9.20. The van der Waals surface area contributed by atoms with Gasteiger partial charge in [-0.1, -0.05) is 27.5 Å². The van der Waals surface area contributed by atoms with Gasteiger partial charge in [0.15, 0.2) is 5.82 Å². The van der Waals surface area contributed by atoms with E-state index < -0.39 is 5.63 Å². The Morgan fingerprint density at radius 3 is 2.90 bits per heavy atom. The Bertz CT molecular complexity index is 1330. The summed E-state index contributed by atoms with van der Waals surface area (Å²) < 4.78 is 6.32. The average Bonchev–Trinajstić information content (AvgIpc) is 2.78. The number of fused-ring (bicyclic) bond motifs is 2. The van der Waals surface area contributed by atoms with Crippen LogP contribution in [0, 0.1) is 0 Å². The van der Waals surface area contributed by atoms with Crippen LogP contribution in [0.2, 0.25) is 5.02 Å². The molecule has 160 valence electrons. The van der Waals surface area contributed by atoms with Crippen molar-refractivity contribution < 1.29 is 4.42 Å². The summed E-state index contributed by atoms with van der Waals surface area (Å²) in [5.41, 5.74) is 2.58. The van der Waals surface area contributed by atoms with E-state index >= 15 is 0 Å². The summed E-state index contributed by atoms with van der Waals surface area (Å²) in [5, 5.41) is 1.07. The molecule has 0 unspecified atom stereocenters. The molecule has 0 radical (unpaired) electrons. The second kappa shape index (κ2) is 8.33. The van der Waals surface area contributed by atoms with Gasteiger partial charge in [0, 0.05) is 42.5 Å². The van der Waals surface area contributed by atoms with Crippen molar-refractivity contribution >= 4 is 44.2 Å². The molecule has 7 nitrogen and oxygen atoms in total. The van der Waals surface area contributed by atoms with E-state index in [2.05, 4.69) is 25.9 Å². The Hall–Kier alpha value is -2.29. The molecular weight excluding hydrogens is 484 g/mol. The zero-order valence-electron chi connectivity index (χ0n) is 16.7. The number of aromatic nitrogens is 2. The number of nitrogens with zero attached hydrogens (tertiary/aromatic N) is 3. The number of H-pyrrole nitrogens is 1. The minimum absolute atomic E-state index is 0.140. The normalized spacial score (nSPS) is 16.9. The maximum atomic E-state index is 12.8.